The average molecular weight is 563 g/mol. The molecule has 10 heteroatoms. The lowest BCUT2D eigenvalue weighted by atomic mass is 9.76. The van der Waals surface area contributed by atoms with Crippen molar-refractivity contribution in [3.8, 4) is 0 Å². The smallest absolute Gasteiger partial charge is 0.342 e. The molecule has 0 aliphatic heterocycles. The molecule has 4 aromatic carbocycles. The van der Waals surface area contributed by atoms with Crippen molar-refractivity contribution in [1.82, 2.24) is 5.32 Å². The van der Waals surface area contributed by atoms with Gasteiger partial charge < -0.3 is 5.32 Å². The van der Waals surface area contributed by atoms with E-state index >= 15 is 0 Å². The maximum absolute atomic E-state index is 13.8. The first-order valence-corrected chi connectivity index (χ1v) is 11.9. The number of nitrogens with one attached hydrogen (secondary N) is 1. The van der Waals surface area contributed by atoms with Gasteiger partial charge in [0, 0.05) is 12.5 Å². The number of amides is 1. The number of benzene rings is 4. The summed E-state index contributed by atoms with van der Waals surface area (Å²) in [5.74, 6) is -2.78. The molecule has 0 fully saturated rings. The van der Waals surface area contributed by atoms with Crippen LogP contribution in [0.15, 0.2) is 97.1 Å². The largest absolute Gasteiger partial charge is 0.416 e. The van der Waals surface area contributed by atoms with Crippen molar-refractivity contribution >= 4 is 5.91 Å². The molecule has 0 heterocycles. The third-order valence-electron chi connectivity index (χ3n) is 6.32. The summed E-state index contributed by atoms with van der Waals surface area (Å²) in [5.41, 5.74) is -3.93. The first-order valence-electron chi connectivity index (χ1n) is 11.9. The number of carbonyl (C=O) groups excluding carboxylic acids is 1. The maximum atomic E-state index is 13.8. The lowest BCUT2D eigenvalue weighted by molar-refractivity contribution is -0.138. The van der Waals surface area contributed by atoms with Gasteiger partial charge in [0.15, 0.2) is 0 Å². The number of hydrogen-bond acceptors (Lipinski definition) is 1. The molecule has 208 valence electrons. The van der Waals surface area contributed by atoms with Crippen molar-refractivity contribution in [1.29, 1.82) is 0 Å². The van der Waals surface area contributed by atoms with Crippen LogP contribution in [-0.4, -0.2) is 5.91 Å². The third kappa shape index (κ3) is 6.67. The van der Waals surface area contributed by atoms with E-state index in [2.05, 4.69) is 5.32 Å². The summed E-state index contributed by atoms with van der Waals surface area (Å²) in [5, 5.41) is 2.64. The Bertz CT molecular complexity index is 1420. The molecular formula is C30H21F8NO. The Morgan fingerprint density at radius 2 is 1.05 bits per heavy atom. The van der Waals surface area contributed by atoms with E-state index in [0.29, 0.717) is 11.6 Å². The molecular weight excluding hydrogens is 542 g/mol. The number of rotatable bonds is 7. The van der Waals surface area contributed by atoms with E-state index in [9.17, 15) is 39.9 Å². The molecule has 0 unspecified atom stereocenters. The Kier molecular flexibility index (Phi) is 8.00. The van der Waals surface area contributed by atoms with Gasteiger partial charge in [-0.15, -0.1) is 0 Å². The lowest BCUT2D eigenvalue weighted by Gasteiger charge is -2.37. The Balaban J connectivity index is 1.93. The predicted octanol–water partition coefficient (Wildman–Crippen LogP) is 7.85. The second-order valence-electron chi connectivity index (χ2n) is 9.23. The fourth-order valence-corrected chi connectivity index (χ4v) is 4.56. The van der Waals surface area contributed by atoms with E-state index in [0.717, 1.165) is 48.5 Å². The highest BCUT2D eigenvalue weighted by atomic mass is 19.4. The van der Waals surface area contributed by atoms with Gasteiger partial charge in [-0.25, -0.2) is 8.78 Å². The zero-order valence-corrected chi connectivity index (χ0v) is 20.6. The minimum atomic E-state index is -4.79. The van der Waals surface area contributed by atoms with Crippen LogP contribution in [0.2, 0.25) is 0 Å². The van der Waals surface area contributed by atoms with Crippen LogP contribution in [0.1, 0.15) is 33.4 Å². The van der Waals surface area contributed by atoms with Crippen LogP contribution in [0.3, 0.4) is 0 Å². The van der Waals surface area contributed by atoms with E-state index in [-0.39, 0.29) is 23.1 Å². The van der Waals surface area contributed by atoms with Gasteiger partial charge in [-0.3, -0.25) is 4.79 Å². The molecule has 0 aliphatic rings. The molecule has 0 saturated heterocycles. The van der Waals surface area contributed by atoms with Gasteiger partial charge in [-0.1, -0.05) is 54.6 Å². The molecule has 2 nitrogen and oxygen atoms in total. The summed E-state index contributed by atoms with van der Waals surface area (Å²) in [6.45, 7) is 0. The number of halogens is 8. The van der Waals surface area contributed by atoms with Crippen molar-refractivity contribution in [2.24, 2.45) is 0 Å². The standard InChI is InChI=1S/C30H21F8NO/c31-25-12-20(13-26(32)17-25)14-27(40)39-28(18-19-6-2-1-3-7-19,21-8-4-10-23(15-21)29(33,34)35)22-9-5-11-24(16-22)30(36,37)38/h1-13,15-17H,14,18H2,(H,39,40). The molecule has 1 amide bonds. The van der Waals surface area contributed by atoms with E-state index in [1.165, 1.54) is 12.1 Å². The van der Waals surface area contributed by atoms with Crippen molar-refractivity contribution in [3.63, 3.8) is 0 Å². The minimum absolute atomic E-state index is 0.0725. The molecule has 0 aliphatic carbocycles. The number of hydrogen-bond donors (Lipinski definition) is 1. The van der Waals surface area contributed by atoms with Crippen LogP contribution in [0.25, 0.3) is 0 Å². The van der Waals surface area contributed by atoms with Gasteiger partial charge in [0.1, 0.15) is 11.6 Å². The van der Waals surface area contributed by atoms with Crippen molar-refractivity contribution in [2.75, 3.05) is 0 Å². The number of carbonyl (C=O) groups is 1. The Hall–Kier alpha value is -4.21. The van der Waals surface area contributed by atoms with Crippen molar-refractivity contribution in [3.05, 3.63) is 142 Å². The molecule has 1 N–H and O–H groups in total. The van der Waals surface area contributed by atoms with Crippen LogP contribution in [0, 0.1) is 11.6 Å². The molecule has 4 aromatic rings. The third-order valence-corrected chi connectivity index (χ3v) is 6.32. The first-order chi connectivity index (χ1) is 18.8. The minimum Gasteiger partial charge on any atom is -0.342 e. The van der Waals surface area contributed by atoms with E-state index in [4.69, 9.17) is 0 Å². The van der Waals surface area contributed by atoms with Crippen LogP contribution in [0.5, 0.6) is 0 Å². The highest BCUT2D eigenvalue weighted by molar-refractivity contribution is 5.80. The average Bonchev–Trinajstić information content (AvgIpc) is 2.87. The van der Waals surface area contributed by atoms with Gasteiger partial charge in [0.05, 0.1) is 23.1 Å². The van der Waals surface area contributed by atoms with Crippen molar-refractivity contribution < 1.29 is 39.9 Å². The monoisotopic (exact) mass is 563 g/mol. The molecule has 0 aromatic heterocycles. The summed E-state index contributed by atoms with van der Waals surface area (Å²) in [7, 11) is 0. The number of alkyl halides is 6. The van der Waals surface area contributed by atoms with Crippen LogP contribution in [0.4, 0.5) is 35.1 Å². The molecule has 40 heavy (non-hydrogen) atoms. The molecule has 0 spiro atoms. The maximum Gasteiger partial charge on any atom is 0.416 e. The highest BCUT2D eigenvalue weighted by Gasteiger charge is 2.40. The second kappa shape index (κ2) is 11.1. The SMILES string of the molecule is O=C(Cc1cc(F)cc(F)c1)NC(Cc1ccccc1)(c1cccc(C(F)(F)F)c1)c1cccc(C(F)(F)F)c1. The Labute approximate surface area is 224 Å². The summed E-state index contributed by atoms with van der Waals surface area (Å²) >= 11 is 0. The topological polar surface area (TPSA) is 29.1 Å². The van der Waals surface area contributed by atoms with Gasteiger partial charge in [0.25, 0.3) is 0 Å². The summed E-state index contributed by atoms with van der Waals surface area (Å²) in [4.78, 5) is 13.4. The zero-order valence-electron chi connectivity index (χ0n) is 20.6. The van der Waals surface area contributed by atoms with E-state index in [1.54, 1.807) is 30.3 Å². The molecule has 4 rings (SSSR count). The normalized spacial score (nSPS) is 12.3. The lowest BCUT2D eigenvalue weighted by Crippen LogP contribution is -2.49. The Morgan fingerprint density at radius 3 is 1.52 bits per heavy atom. The summed E-state index contributed by atoms with van der Waals surface area (Å²) < 4.78 is 110. The quantitative estimate of drug-likeness (QED) is 0.228. The molecule has 0 bridgehead atoms. The van der Waals surface area contributed by atoms with E-state index < -0.39 is 53.0 Å². The second-order valence-corrected chi connectivity index (χ2v) is 9.23. The summed E-state index contributed by atoms with van der Waals surface area (Å²) in [6.07, 6.45) is -10.4. The van der Waals surface area contributed by atoms with Crippen LogP contribution in [-0.2, 0) is 35.5 Å². The molecule has 0 saturated carbocycles. The van der Waals surface area contributed by atoms with Gasteiger partial charge in [-0.05, 0) is 58.7 Å². The van der Waals surface area contributed by atoms with Gasteiger partial charge in [0.2, 0.25) is 5.91 Å². The van der Waals surface area contributed by atoms with Crippen LogP contribution >= 0.6 is 0 Å². The highest BCUT2D eigenvalue weighted by Crippen LogP contribution is 2.39. The molecule has 0 atom stereocenters. The fraction of sp³-hybridized carbons (Fsp3) is 0.167. The van der Waals surface area contributed by atoms with Gasteiger partial charge in [-0.2, -0.15) is 26.3 Å². The van der Waals surface area contributed by atoms with Crippen molar-refractivity contribution in [2.45, 2.75) is 30.7 Å². The fourth-order valence-electron chi connectivity index (χ4n) is 4.56. The first kappa shape index (κ1) is 28.8. The van der Waals surface area contributed by atoms with Gasteiger partial charge >= 0.3 is 12.4 Å². The van der Waals surface area contributed by atoms with Crippen LogP contribution < -0.4 is 5.32 Å². The Morgan fingerprint density at radius 1 is 0.575 bits per heavy atom. The van der Waals surface area contributed by atoms with E-state index in [1.807, 2.05) is 0 Å². The zero-order chi connectivity index (χ0) is 29.1. The summed E-state index contributed by atoms with van der Waals surface area (Å²) in [6, 6.07) is 18.5. The molecule has 0 radical (unpaired) electrons. The predicted molar refractivity (Wildman–Crippen MR) is 132 cm³/mol.